The lowest BCUT2D eigenvalue weighted by Crippen LogP contribution is -2.48. The molecule has 3 rings (SSSR count). The van der Waals surface area contributed by atoms with Crippen molar-refractivity contribution in [3.05, 3.63) is 59.2 Å². The van der Waals surface area contributed by atoms with E-state index in [1.165, 1.54) is 26.4 Å². The Morgan fingerprint density at radius 2 is 1.58 bits per heavy atom. The van der Waals surface area contributed by atoms with E-state index >= 15 is 0 Å². The van der Waals surface area contributed by atoms with Crippen LogP contribution in [0.4, 0.5) is 8.78 Å². The Balaban J connectivity index is 2.05. The number of hydrogen-bond donors (Lipinski definition) is 1. The molecule has 6 heteroatoms. The van der Waals surface area contributed by atoms with Crippen LogP contribution in [0.2, 0.25) is 0 Å². The second kappa shape index (κ2) is 8.01. The number of likely N-dealkylation sites (N-methyl/N-ethyl adjacent to an activating group) is 1. The first-order chi connectivity index (χ1) is 12.6. The van der Waals surface area contributed by atoms with Crippen LogP contribution in [0.1, 0.15) is 30.1 Å². The molecule has 1 aliphatic heterocycles. The number of nitrogens with one attached hydrogen (secondary N) is 1. The normalized spacial score (nSPS) is 20.8. The van der Waals surface area contributed by atoms with Gasteiger partial charge in [0.15, 0.2) is 0 Å². The Bertz CT molecular complexity index is 769. The van der Waals surface area contributed by atoms with Crippen LogP contribution in [0, 0.1) is 11.6 Å². The second-order valence-electron chi connectivity index (χ2n) is 6.28. The zero-order chi connectivity index (χ0) is 18.7. The molecule has 0 bridgehead atoms. The molecule has 2 atom stereocenters. The van der Waals surface area contributed by atoms with E-state index in [0.29, 0.717) is 29.2 Å². The molecule has 1 N–H and O–H groups in total. The number of hydrogen-bond acceptors (Lipinski definition) is 4. The minimum Gasteiger partial charge on any atom is -0.497 e. The van der Waals surface area contributed by atoms with Gasteiger partial charge in [0.05, 0.1) is 26.3 Å². The van der Waals surface area contributed by atoms with Gasteiger partial charge in [0.1, 0.15) is 23.1 Å². The Morgan fingerprint density at radius 1 is 1.00 bits per heavy atom. The fourth-order valence-corrected chi connectivity index (χ4v) is 3.60. The predicted molar refractivity (Wildman–Crippen MR) is 96.6 cm³/mol. The summed E-state index contributed by atoms with van der Waals surface area (Å²) in [4.78, 5) is 2.16. The van der Waals surface area contributed by atoms with E-state index in [-0.39, 0.29) is 23.7 Å². The minimum absolute atomic E-state index is 0.317. The fraction of sp³-hybridized carbons (Fsp3) is 0.400. The molecule has 0 unspecified atom stereocenters. The molecule has 0 amide bonds. The number of piperazine rings is 1. The predicted octanol–water partition coefficient (Wildman–Crippen LogP) is 3.69. The Hall–Kier alpha value is -2.18. The maximum absolute atomic E-state index is 14.8. The lowest BCUT2D eigenvalue weighted by Gasteiger charge is -2.42. The van der Waals surface area contributed by atoms with Gasteiger partial charge in [-0.05, 0) is 18.7 Å². The monoisotopic (exact) mass is 362 g/mol. The minimum atomic E-state index is -0.363. The molecule has 1 saturated heterocycles. The third-order valence-corrected chi connectivity index (χ3v) is 4.95. The van der Waals surface area contributed by atoms with Gasteiger partial charge in [-0.2, -0.15) is 0 Å². The van der Waals surface area contributed by atoms with E-state index in [0.717, 1.165) is 13.1 Å². The number of halogens is 2. The summed E-state index contributed by atoms with van der Waals surface area (Å²) in [6.45, 7) is 4.24. The van der Waals surface area contributed by atoms with Crippen molar-refractivity contribution in [2.24, 2.45) is 0 Å². The quantitative estimate of drug-likeness (QED) is 0.880. The van der Waals surface area contributed by atoms with Gasteiger partial charge in [0.2, 0.25) is 0 Å². The highest BCUT2D eigenvalue weighted by molar-refractivity contribution is 5.37. The average Bonchev–Trinajstić information content (AvgIpc) is 2.67. The Kier molecular flexibility index (Phi) is 5.74. The summed E-state index contributed by atoms with van der Waals surface area (Å²) in [7, 11) is 3.01. The van der Waals surface area contributed by atoms with Crippen molar-refractivity contribution in [3.8, 4) is 11.5 Å². The second-order valence-corrected chi connectivity index (χ2v) is 6.28. The number of methoxy groups -OCH3 is 2. The highest BCUT2D eigenvalue weighted by Crippen LogP contribution is 2.39. The van der Waals surface area contributed by atoms with Gasteiger partial charge in [-0.3, -0.25) is 4.90 Å². The van der Waals surface area contributed by atoms with Crippen LogP contribution < -0.4 is 14.8 Å². The van der Waals surface area contributed by atoms with Crippen LogP contribution in [0.3, 0.4) is 0 Å². The molecule has 0 saturated carbocycles. The zero-order valence-electron chi connectivity index (χ0n) is 15.3. The van der Waals surface area contributed by atoms with Gasteiger partial charge in [0, 0.05) is 36.3 Å². The molecular weight excluding hydrogens is 338 g/mol. The van der Waals surface area contributed by atoms with Crippen LogP contribution >= 0.6 is 0 Å². The highest BCUT2D eigenvalue weighted by atomic mass is 19.1. The summed E-state index contributed by atoms with van der Waals surface area (Å²) in [5.41, 5.74) is 1.03. The van der Waals surface area contributed by atoms with E-state index in [1.54, 1.807) is 24.3 Å². The molecule has 1 aliphatic rings. The Labute approximate surface area is 152 Å². The number of rotatable bonds is 5. The standard InChI is InChI=1S/C20H24F2N2O2/c1-4-24-10-9-23-19(15-7-5-13(25-2)11-17(15)21)20(24)16-8-6-14(26-3)12-18(16)22/h5-8,11-12,19-20,23H,4,9-10H2,1-3H3/t19-,20+/m0/s1. The number of nitrogens with zero attached hydrogens (tertiary/aromatic N) is 1. The van der Waals surface area contributed by atoms with Crippen LogP contribution in [-0.2, 0) is 0 Å². The summed E-state index contributed by atoms with van der Waals surface area (Å²) < 4.78 is 39.7. The van der Waals surface area contributed by atoms with Gasteiger partial charge in [-0.1, -0.05) is 19.1 Å². The summed E-state index contributed by atoms with van der Waals surface area (Å²) in [5.74, 6) is 0.209. The summed E-state index contributed by atoms with van der Waals surface area (Å²) in [6.07, 6.45) is 0. The van der Waals surface area contributed by atoms with E-state index in [2.05, 4.69) is 10.2 Å². The largest absolute Gasteiger partial charge is 0.497 e. The third kappa shape index (κ3) is 3.52. The first kappa shape index (κ1) is 18.6. The van der Waals surface area contributed by atoms with Crippen LogP contribution in [-0.4, -0.2) is 38.8 Å². The Morgan fingerprint density at radius 3 is 2.08 bits per heavy atom. The van der Waals surface area contributed by atoms with Crippen LogP contribution in [0.25, 0.3) is 0 Å². The van der Waals surface area contributed by atoms with E-state index in [4.69, 9.17) is 9.47 Å². The molecule has 1 fully saturated rings. The van der Waals surface area contributed by atoms with Crippen molar-refractivity contribution >= 4 is 0 Å². The van der Waals surface area contributed by atoms with Gasteiger partial charge in [-0.25, -0.2) is 8.78 Å². The van der Waals surface area contributed by atoms with Crippen molar-refractivity contribution < 1.29 is 18.3 Å². The molecule has 2 aromatic rings. The molecule has 2 aromatic carbocycles. The SMILES string of the molecule is CCN1CCN[C@@H](c2ccc(OC)cc2F)[C@H]1c1ccc(OC)cc1F. The lowest BCUT2D eigenvalue weighted by molar-refractivity contribution is 0.121. The molecule has 26 heavy (non-hydrogen) atoms. The first-order valence-corrected chi connectivity index (χ1v) is 8.73. The zero-order valence-corrected chi connectivity index (χ0v) is 15.3. The molecule has 0 spiro atoms. The highest BCUT2D eigenvalue weighted by Gasteiger charge is 2.35. The van der Waals surface area contributed by atoms with Crippen molar-refractivity contribution in [1.82, 2.24) is 10.2 Å². The fourth-order valence-electron chi connectivity index (χ4n) is 3.60. The molecule has 1 heterocycles. The summed E-state index contributed by atoms with van der Waals surface area (Å²) in [6, 6.07) is 8.96. The summed E-state index contributed by atoms with van der Waals surface area (Å²) >= 11 is 0. The lowest BCUT2D eigenvalue weighted by atomic mass is 9.89. The average molecular weight is 362 g/mol. The molecule has 0 aromatic heterocycles. The van der Waals surface area contributed by atoms with Gasteiger partial charge >= 0.3 is 0 Å². The third-order valence-electron chi connectivity index (χ3n) is 4.95. The summed E-state index contributed by atoms with van der Waals surface area (Å²) in [5, 5.41) is 3.36. The number of ether oxygens (including phenoxy) is 2. The molecule has 0 radical (unpaired) electrons. The maximum Gasteiger partial charge on any atom is 0.131 e. The molecule has 4 nitrogen and oxygen atoms in total. The van der Waals surface area contributed by atoms with Crippen molar-refractivity contribution in [2.75, 3.05) is 33.9 Å². The van der Waals surface area contributed by atoms with Crippen LogP contribution in [0.15, 0.2) is 36.4 Å². The van der Waals surface area contributed by atoms with Crippen molar-refractivity contribution in [2.45, 2.75) is 19.0 Å². The van der Waals surface area contributed by atoms with Gasteiger partial charge < -0.3 is 14.8 Å². The maximum atomic E-state index is 14.8. The molecule has 140 valence electrons. The van der Waals surface area contributed by atoms with E-state index in [1.807, 2.05) is 6.92 Å². The van der Waals surface area contributed by atoms with Crippen LogP contribution in [0.5, 0.6) is 11.5 Å². The van der Waals surface area contributed by atoms with Crippen molar-refractivity contribution in [3.63, 3.8) is 0 Å². The van der Waals surface area contributed by atoms with Crippen molar-refractivity contribution in [1.29, 1.82) is 0 Å². The van der Waals surface area contributed by atoms with E-state index < -0.39 is 0 Å². The molecular formula is C20H24F2N2O2. The van der Waals surface area contributed by atoms with Gasteiger partial charge in [-0.15, -0.1) is 0 Å². The van der Waals surface area contributed by atoms with Gasteiger partial charge in [0.25, 0.3) is 0 Å². The molecule has 0 aliphatic carbocycles. The van der Waals surface area contributed by atoms with E-state index in [9.17, 15) is 8.78 Å². The first-order valence-electron chi connectivity index (χ1n) is 8.73. The topological polar surface area (TPSA) is 33.7 Å². The smallest absolute Gasteiger partial charge is 0.131 e. The number of benzene rings is 2.